The van der Waals surface area contributed by atoms with Crippen molar-refractivity contribution in [2.45, 2.75) is 6.92 Å². The van der Waals surface area contributed by atoms with Gasteiger partial charge < -0.3 is 10.2 Å². The van der Waals surface area contributed by atoms with E-state index in [9.17, 15) is 14.9 Å². The van der Waals surface area contributed by atoms with Gasteiger partial charge in [0.2, 0.25) is 5.91 Å². The first-order valence-corrected chi connectivity index (χ1v) is 8.33. The topological polar surface area (TPSA) is 104 Å². The molecule has 2 heterocycles. The number of piperazine rings is 1. The van der Waals surface area contributed by atoms with Gasteiger partial charge in [0, 0.05) is 44.0 Å². The van der Waals surface area contributed by atoms with Crippen LogP contribution in [0.3, 0.4) is 0 Å². The van der Waals surface area contributed by atoms with Crippen LogP contribution >= 0.6 is 0 Å². The van der Waals surface area contributed by atoms with Gasteiger partial charge in [0.25, 0.3) is 5.69 Å². The first-order valence-electron chi connectivity index (χ1n) is 8.33. The molecular formula is C17H20N6O3. The molecule has 136 valence electrons. The van der Waals surface area contributed by atoms with Crippen LogP contribution in [0.4, 0.5) is 17.2 Å². The molecule has 1 saturated heterocycles. The molecule has 1 aromatic heterocycles. The van der Waals surface area contributed by atoms with Gasteiger partial charge in [-0.15, -0.1) is 5.10 Å². The van der Waals surface area contributed by atoms with Gasteiger partial charge in [-0.2, -0.15) is 5.10 Å². The number of non-ortho nitro benzene ring substituents is 1. The van der Waals surface area contributed by atoms with Crippen molar-refractivity contribution in [3.63, 3.8) is 0 Å². The van der Waals surface area contributed by atoms with Crippen molar-refractivity contribution in [1.82, 2.24) is 15.1 Å². The number of nitro benzene ring substituents is 1. The van der Waals surface area contributed by atoms with Crippen molar-refractivity contribution in [2.75, 3.05) is 42.9 Å². The summed E-state index contributed by atoms with van der Waals surface area (Å²) in [5.41, 5.74) is 1.26. The van der Waals surface area contributed by atoms with E-state index in [4.69, 9.17) is 0 Å². The fourth-order valence-corrected chi connectivity index (χ4v) is 2.80. The molecule has 0 saturated carbocycles. The van der Waals surface area contributed by atoms with Crippen LogP contribution in [0.2, 0.25) is 0 Å². The quantitative estimate of drug-likeness (QED) is 0.638. The fourth-order valence-electron chi connectivity index (χ4n) is 2.80. The van der Waals surface area contributed by atoms with E-state index in [1.165, 1.54) is 12.1 Å². The molecule has 26 heavy (non-hydrogen) atoms. The van der Waals surface area contributed by atoms with E-state index in [-0.39, 0.29) is 18.1 Å². The molecule has 2 aromatic rings. The van der Waals surface area contributed by atoms with Gasteiger partial charge in [0.1, 0.15) is 0 Å². The van der Waals surface area contributed by atoms with Gasteiger partial charge in [-0.05, 0) is 25.1 Å². The molecule has 0 radical (unpaired) electrons. The third kappa shape index (κ3) is 4.51. The molecule has 9 nitrogen and oxygen atoms in total. The highest BCUT2D eigenvalue weighted by atomic mass is 16.6. The molecule has 3 rings (SSSR count). The van der Waals surface area contributed by atoms with E-state index >= 15 is 0 Å². The molecule has 0 aliphatic carbocycles. The van der Waals surface area contributed by atoms with Crippen LogP contribution in [0.25, 0.3) is 0 Å². The van der Waals surface area contributed by atoms with Gasteiger partial charge >= 0.3 is 0 Å². The number of amides is 1. The predicted molar refractivity (Wildman–Crippen MR) is 97.1 cm³/mol. The van der Waals surface area contributed by atoms with Gasteiger partial charge in [-0.1, -0.05) is 6.07 Å². The molecule has 1 aliphatic heterocycles. The maximum atomic E-state index is 12.2. The fraction of sp³-hybridized carbons (Fsp3) is 0.353. The third-order valence-corrected chi connectivity index (χ3v) is 4.19. The Labute approximate surface area is 150 Å². The zero-order valence-corrected chi connectivity index (χ0v) is 14.5. The highest BCUT2D eigenvalue weighted by Gasteiger charge is 2.20. The van der Waals surface area contributed by atoms with E-state index in [2.05, 4.69) is 20.4 Å². The number of rotatable bonds is 5. The number of nitro groups is 1. The lowest BCUT2D eigenvalue weighted by Crippen LogP contribution is -2.49. The molecule has 1 N–H and O–H groups in total. The summed E-state index contributed by atoms with van der Waals surface area (Å²) in [7, 11) is 0. The Bertz CT molecular complexity index is 787. The molecule has 9 heteroatoms. The summed E-state index contributed by atoms with van der Waals surface area (Å²) < 4.78 is 0. The van der Waals surface area contributed by atoms with Gasteiger partial charge in [-0.3, -0.25) is 19.8 Å². The number of aromatic nitrogens is 2. The molecule has 0 bridgehead atoms. The summed E-state index contributed by atoms with van der Waals surface area (Å²) >= 11 is 0. The largest absolute Gasteiger partial charge is 0.353 e. The minimum absolute atomic E-state index is 0.0457. The van der Waals surface area contributed by atoms with Crippen molar-refractivity contribution in [3.8, 4) is 0 Å². The van der Waals surface area contributed by atoms with Gasteiger partial charge in [0.15, 0.2) is 5.82 Å². The molecule has 1 amide bonds. The molecule has 0 atom stereocenters. The third-order valence-electron chi connectivity index (χ3n) is 4.19. The molecule has 1 aromatic carbocycles. The van der Waals surface area contributed by atoms with E-state index < -0.39 is 4.92 Å². The number of carbonyl (C=O) groups excluding carboxylic acids is 1. The average Bonchev–Trinajstić information content (AvgIpc) is 2.63. The first kappa shape index (κ1) is 17.7. The number of benzene rings is 1. The number of aryl methyl sites for hydroxylation is 1. The van der Waals surface area contributed by atoms with Crippen molar-refractivity contribution >= 4 is 23.1 Å². The Kier molecular flexibility index (Phi) is 5.37. The number of hydrogen-bond donors (Lipinski definition) is 1. The number of nitrogens with zero attached hydrogens (tertiary/aromatic N) is 5. The van der Waals surface area contributed by atoms with E-state index in [0.29, 0.717) is 5.69 Å². The van der Waals surface area contributed by atoms with Crippen molar-refractivity contribution in [1.29, 1.82) is 0 Å². The monoisotopic (exact) mass is 356 g/mol. The van der Waals surface area contributed by atoms with Crippen molar-refractivity contribution < 1.29 is 9.72 Å². The van der Waals surface area contributed by atoms with Crippen LogP contribution in [0.5, 0.6) is 0 Å². The zero-order chi connectivity index (χ0) is 18.5. The van der Waals surface area contributed by atoms with Crippen LogP contribution in [-0.4, -0.2) is 58.7 Å². The average molecular weight is 356 g/mol. The SMILES string of the molecule is Cc1ccc(N2CCN(CC(=O)Nc3cccc([N+](=O)[O-])c3)CC2)nn1. The van der Waals surface area contributed by atoms with E-state index in [0.717, 1.165) is 37.7 Å². The highest BCUT2D eigenvalue weighted by Crippen LogP contribution is 2.17. The highest BCUT2D eigenvalue weighted by molar-refractivity contribution is 5.92. The maximum Gasteiger partial charge on any atom is 0.271 e. The van der Waals surface area contributed by atoms with Crippen LogP contribution in [-0.2, 0) is 4.79 Å². The predicted octanol–water partition coefficient (Wildman–Crippen LogP) is 1.45. The van der Waals surface area contributed by atoms with Gasteiger partial charge in [0.05, 0.1) is 17.2 Å². The summed E-state index contributed by atoms with van der Waals surface area (Å²) in [6, 6.07) is 9.82. The van der Waals surface area contributed by atoms with E-state index in [1.807, 2.05) is 24.0 Å². The Balaban J connectivity index is 1.49. The van der Waals surface area contributed by atoms with Gasteiger partial charge in [-0.25, -0.2) is 0 Å². The van der Waals surface area contributed by atoms with E-state index in [1.54, 1.807) is 12.1 Å². The zero-order valence-electron chi connectivity index (χ0n) is 14.5. The second kappa shape index (κ2) is 7.87. The summed E-state index contributed by atoms with van der Waals surface area (Å²) in [6.45, 7) is 5.14. The van der Waals surface area contributed by atoms with Crippen LogP contribution in [0.1, 0.15) is 5.69 Å². The van der Waals surface area contributed by atoms with Crippen molar-refractivity contribution in [2.24, 2.45) is 0 Å². The second-order valence-corrected chi connectivity index (χ2v) is 6.15. The molecule has 1 fully saturated rings. The smallest absolute Gasteiger partial charge is 0.271 e. The number of hydrogen-bond acceptors (Lipinski definition) is 7. The summed E-state index contributed by atoms with van der Waals surface area (Å²) in [5, 5.41) is 21.8. The standard InChI is InChI=1S/C17H20N6O3/c1-13-5-6-16(20-19-13)22-9-7-21(8-10-22)12-17(24)18-14-3-2-4-15(11-14)23(25)26/h2-6,11H,7-10,12H2,1H3,(H,18,24). The normalized spacial score (nSPS) is 14.9. The molecule has 1 aliphatic rings. The first-order chi connectivity index (χ1) is 12.5. The molecule has 0 unspecified atom stereocenters. The molecular weight excluding hydrogens is 336 g/mol. The van der Waals surface area contributed by atoms with Crippen LogP contribution in [0.15, 0.2) is 36.4 Å². The lowest BCUT2D eigenvalue weighted by molar-refractivity contribution is -0.384. The Hall–Kier alpha value is -3.07. The van der Waals surface area contributed by atoms with Crippen molar-refractivity contribution in [3.05, 3.63) is 52.2 Å². The lowest BCUT2D eigenvalue weighted by atomic mass is 10.2. The van der Waals surface area contributed by atoms with Crippen LogP contribution in [0, 0.1) is 17.0 Å². The summed E-state index contributed by atoms with van der Waals surface area (Å²) in [6.07, 6.45) is 0. The lowest BCUT2D eigenvalue weighted by Gasteiger charge is -2.34. The number of carbonyl (C=O) groups is 1. The Morgan fingerprint density at radius 3 is 2.62 bits per heavy atom. The number of anilines is 2. The summed E-state index contributed by atoms with van der Waals surface area (Å²) in [4.78, 5) is 26.7. The Morgan fingerprint density at radius 2 is 1.96 bits per heavy atom. The van der Waals surface area contributed by atoms with Crippen LogP contribution < -0.4 is 10.2 Å². The Morgan fingerprint density at radius 1 is 1.19 bits per heavy atom. The minimum atomic E-state index is -0.483. The molecule has 0 spiro atoms. The summed E-state index contributed by atoms with van der Waals surface area (Å²) in [5.74, 6) is 0.658. The second-order valence-electron chi connectivity index (χ2n) is 6.15. The minimum Gasteiger partial charge on any atom is -0.353 e. The maximum absolute atomic E-state index is 12.2. The number of nitrogens with one attached hydrogen (secondary N) is 1.